The number of hydrogen-bond acceptors (Lipinski definition) is 2. The molecule has 1 aliphatic heterocycles. The Hall–Kier alpha value is -0.370. The number of carbonyl (C=O) groups is 1. The zero-order chi connectivity index (χ0) is 10.3. The first kappa shape index (κ1) is 10.7. The second kappa shape index (κ2) is 3.09. The van der Waals surface area contributed by atoms with Crippen molar-refractivity contribution in [1.82, 2.24) is 4.90 Å². The number of nitrogens with zero attached hydrogens (tertiary/aromatic N) is 1. The molecule has 1 unspecified atom stereocenters. The van der Waals surface area contributed by atoms with Crippen LogP contribution in [0.2, 0.25) is 0 Å². The molecule has 1 heterocycles. The van der Waals surface area contributed by atoms with Crippen molar-refractivity contribution in [2.24, 2.45) is 5.41 Å². The summed E-state index contributed by atoms with van der Waals surface area (Å²) < 4.78 is 0. The van der Waals surface area contributed by atoms with E-state index in [1.54, 1.807) is 0 Å². The lowest BCUT2D eigenvalue weighted by atomic mass is 9.69. The van der Waals surface area contributed by atoms with Crippen LogP contribution in [0.5, 0.6) is 0 Å². The van der Waals surface area contributed by atoms with Gasteiger partial charge in [-0.25, -0.2) is 0 Å². The van der Waals surface area contributed by atoms with Gasteiger partial charge in [0.25, 0.3) is 0 Å². The minimum atomic E-state index is 0.0301. The van der Waals surface area contributed by atoms with Crippen molar-refractivity contribution in [3.63, 3.8) is 0 Å². The van der Waals surface area contributed by atoms with E-state index in [2.05, 4.69) is 39.6 Å². The number of hydrogen-bond donors (Lipinski definition) is 0. The fraction of sp³-hybridized carbons (Fsp3) is 0.909. The van der Waals surface area contributed by atoms with Crippen molar-refractivity contribution in [1.29, 1.82) is 0 Å². The maximum atomic E-state index is 11.4. The second-order valence-electron chi connectivity index (χ2n) is 5.41. The van der Waals surface area contributed by atoms with Crippen molar-refractivity contribution < 1.29 is 4.79 Å². The Kier molecular flexibility index (Phi) is 2.54. The average Bonchev–Trinajstić information content (AvgIpc) is 1.95. The third kappa shape index (κ3) is 1.78. The molecule has 76 valence electrons. The van der Waals surface area contributed by atoms with Crippen LogP contribution in [0.15, 0.2) is 0 Å². The van der Waals surface area contributed by atoms with E-state index in [9.17, 15) is 4.79 Å². The monoisotopic (exact) mass is 183 g/mol. The highest BCUT2D eigenvalue weighted by molar-refractivity contribution is 5.80. The molecule has 2 nitrogen and oxygen atoms in total. The van der Waals surface area contributed by atoms with Gasteiger partial charge in [0, 0.05) is 24.9 Å². The molecule has 1 aliphatic rings. The summed E-state index contributed by atoms with van der Waals surface area (Å²) in [5.74, 6) is 0.413. The topological polar surface area (TPSA) is 20.3 Å². The molecule has 0 aromatic rings. The molecule has 0 aliphatic carbocycles. The van der Waals surface area contributed by atoms with Gasteiger partial charge in [-0.15, -0.1) is 0 Å². The first-order chi connectivity index (χ1) is 5.77. The third-order valence-corrected chi connectivity index (χ3v) is 3.73. The van der Waals surface area contributed by atoms with Gasteiger partial charge >= 0.3 is 0 Å². The zero-order valence-corrected chi connectivity index (χ0v) is 9.48. The molecule has 0 aromatic carbocycles. The number of rotatable bonds is 0. The zero-order valence-electron chi connectivity index (χ0n) is 9.48. The van der Waals surface area contributed by atoms with Crippen LogP contribution in [-0.2, 0) is 4.79 Å². The molecule has 0 amide bonds. The summed E-state index contributed by atoms with van der Waals surface area (Å²) in [5, 5.41) is 0. The average molecular weight is 183 g/mol. The van der Waals surface area contributed by atoms with Crippen LogP contribution >= 0.6 is 0 Å². The van der Waals surface area contributed by atoms with Crippen molar-refractivity contribution in [3.05, 3.63) is 0 Å². The van der Waals surface area contributed by atoms with Gasteiger partial charge in [-0.05, 0) is 19.4 Å². The minimum absolute atomic E-state index is 0.0301. The maximum absolute atomic E-state index is 11.4. The van der Waals surface area contributed by atoms with Gasteiger partial charge < -0.3 is 0 Å². The summed E-state index contributed by atoms with van der Waals surface area (Å²) in [4.78, 5) is 13.8. The van der Waals surface area contributed by atoms with Gasteiger partial charge in [0.1, 0.15) is 5.78 Å². The molecule has 13 heavy (non-hydrogen) atoms. The van der Waals surface area contributed by atoms with E-state index in [4.69, 9.17) is 0 Å². The summed E-state index contributed by atoms with van der Waals surface area (Å²) in [6.07, 6.45) is 1.43. The van der Waals surface area contributed by atoms with Crippen LogP contribution in [0, 0.1) is 5.41 Å². The molecule has 0 bridgehead atoms. The normalized spacial score (nSPS) is 32.2. The van der Waals surface area contributed by atoms with E-state index >= 15 is 0 Å². The van der Waals surface area contributed by atoms with Gasteiger partial charge in [-0.1, -0.05) is 20.8 Å². The predicted molar refractivity (Wildman–Crippen MR) is 54.7 cm³/mol. The lowest BCUT2D eigenvalue weighted by Crippen LogP contribution is -2.57. The van der Waals surface area contributed by atoms with E-state index < -0.39 is 0 Å². The molecule has 0 N–H and O–H groups in total. The molecule has 1 rings (SSSR count). The summed E-state index contributed by atoms with van der Waals surface area (Å²) >= 11 is 0. The van der Waals surface area contributed by atoms with Crippen LogP contribution in [0.3, 0.4) is 0 Å². The summed E-state index contributed by atoms with van der Waals surface area (Å²) in [6.45, 7) is 9.74. The van der Waals surface area contributed by atoms with E-state index in [0.29, 0.717) is 12.2 Å². The van der Waals surface area contributed by atoms with Gasteiger partial charge in [0.2, 0.25) is 0 Å². The van der Waals surface area contributed by atoms with Gasteiger partial charge in [-0.3, -0.25) is 9.69 Å². The molecule has 0 spiro atoms. The standard InChI is InChI=1S/C11H21NO/c1-10(2,3)11(4)8-9(13)6-7-12(11)5/h6-8H2,1-5H3. The smallest absolute Gasteiger partial charge is 0.136 e. The van der Waals surface area contributed by atoms with Crippen molar-refractivity contribution in [3.8, 4) is 0 Å². The Morgan fingerprint density at radius 2 is 1.92 bits per heavy atom. The molecule has 0 radical (unpaired) electrons. The number of likely N-dealkylation sites (tertiary alicyclic amines) is 1. The first-order valence-corrected chi connectivity index (χ1v) is 5.00. The Morgan fingerprint density at radius 1 is 1.38 bits per heavy atom. The Morgan fingerprint density at radius 3 is 2.31 bits per heavy atom. The van der Waals surface area contributed by atoms with Crippen LogP contribution in [-0.4, -0.2) is 29.8 Å². The fourth-order valence-electron chi connectivity index (χ4n) is 1.98. The molecule has 1 fully saturated rings. The number of Topliss-reactive ketones (excluding diaryl/α,β-unsaturated/α-hetero) is 1. The molecular formula is C11H21NO. The highest BCUT2D eigenvalue weighted by Crippen LogP contribution is 2.40. The quantitative estimate of drug-likeness (QED) is 0.573. The van der Waals surface area contributed by atoms with Crippen LogP contribution in [0.25, 0.3) is 0 Å². The molecule has 0 aromatic heterocycles. The maximum Gasteiger partial charge on any atom is 0.136 e. The lowest BCUT2D eigenvalue weighted by Gasteiger charge is -2.50. The van der Waals surface area contributed by atoms with Crippen molar-refractivity contribution in [2.75, 3.05) is 13.6 Å². The van der Waals surface area contributed by atoms with Crippen LogP contribution < -0.4 is 0 Å². The fourth-order valence-corrected chi connectivity index (χ4v) is 1.98. The van der Waals surface area contributed by atoms with E-state index in [1.807, 2.05) is 0 Å². The number of ketones is 1. The first-order valence-electron chi connectivity index (χ1n) is 5.00. The largest absolute Gasteiger partial charge is 0.300 e. The highest BCUT2D eigenvalue weighted by Gasteiger charge is 2.44. The second-order valence-corrected chi connectivity index (χ2v) is 5.41. The van der Waals surface area contributed by atoms with E-state index in [0.717, 1.165) is 13.0 Å². The lowest BCUT2D eigenvalue weighted by molar-refractivity contribution is -0.129. The third-order valence-electron chi connectivity index (χ3n) is 3.73. The highest BCUT2D eigenvalue weighted by atomic mass is 16.1. The van der Waals surface area contributed by atoms with E-state index in [1.165, 1.54) is 0 Å². The molecule has 0 saturated carbocycles. The molecule has 2 heteroatoms. The number of carbonyl (C=O) groups excluding carboxylic acids is 1. The number of piperidine rings is 1. The molecule has 1 saturated heterocycles. The SMILES string of the molecule is CN1CCC(=O)CC1(C)C(C)(C)C. The van der Waals surface area contributed by atoms with Gasteiger partial charge in [0.05, 0.1) is 0 Å². The summed E-state index contributed by atoms with van der Waals surface area (Å²) in [7, 11) is 2.12. The summed E-state index contributed by atoms with van der Waals surface area (Å²) in [5.41, 5.74) is 0.195. The van der Waals surface area contributed by atoms with Crippen LogP contribution in [0.1, 0.15) is 40.5 Å². The van der Waals surface area contributed by atoms with Crippen molar-refractivity contribution >= 4 is 5.78 Å². The Bertz CT molecular complexity index is 217. The molecular weight excluding hydrogens is 162 g/mol. The van der Waals surface area contributed by atoms with E-state index in [-0.39, 0.29) is 11.0 Å². The Balaban J connectivity index is 2.91. The summed E-state index contributed by atoms with van der Waals surface area (Å²) in [6, 6.07) is 0. The van der Waals surface area contributed by atoms with Crippen molar-refractivity contribution in [2.45, 2.75) is 46.1 Å². The molecule has 1 atom stereocenters. The Labute approximate surface area is 81.3 Å². The minimum Gasteiger partial charge on any atom is -0.300 e. The van der Waals surface area contributed by atoms with Crippen LogP contribution in [0.4, 0.5) is 0 Å². The predicted octanol–water partition coefficient (Wildman–Crippen LogP) is 2.09. The van der Waals surface area contributed by atoms with Gasteiger partial charge in [-0.2, -0.15) is 0 Å². The van der Waals surface area contributed by atoms with Gasteiger partial charge in [0.15, 0.2) is 0 Å².